The normalized spacial score (nSPS) is 10.2. The second kappa shape index (κ2) is 6.20. The Hall–Kier alpha value is -0.984. The van der Waals surface area contributed by atoms with Gasteiger partial charge in [-0.2, -0.15) is 0 Å². The maximum atomic E-state index is 12.5. The van der Waals surface area contributed by atoms with Crippen molar-refractivity contribution in [2.24, 2.45) is 0 Å². The van der Waals surface area contributed by atoms with E-state index >= 15 is 0 Å². The molecule has 0 atom stereocenters. The van der Waals surface area contributed by atoms with Crippen molar-refractivity contribution in [2.45, 2.75) is 6.92 Å². The fourth-order valence-electron chi connectivity index (χ4n) is 2.18. The molecule has 0 radical (unpaired) electrons. The standard InChI is InChI=1S/C15H11NO3.K.H/c1-9(17)19-13-8-4-7-12-14(13)15(18)10-5-2-3-6-11(10)16-12;;/h2-8H,1H3,(H,16,18);;. The molecular weight excluding hydrogens is 281 g/mol. The van der Waals surface area contributed by atoms with E-state index in [1.54, 1.807) is 30.3 Å². The first-order valence-electron chi connectivity index (χ1n) is 5.89. The van der Waals surface area contributed by atoms with E-state index in [-0.39, 0.29) is 62.6 Å². The van der Waals surface area contributed by atoms with Crippen LogP contribution in [-0.2, 0) is 4.79 Å². The third-order valence-corrected chi connectivity index (χ3v) is 2.95. The SMILES string of the molecule is CC(=O)Oc1cccc2[nH]c3ccccc3c(=O)c12.[KH]. The number of ether oxygens (including phenoxy) is 1. The number of nitrogens with one attached hydrogen (secondary N) is 1. The molecule has 0 aliphatic rings. The van der Waals surface area contributed by atoms with E-state index in [2.05, 4.69) is 4.98 Å². The zero-order chi connectivity index (χ0) is 13.4. The number of esters is 1. The summed E-state index contributed by atoms with van der Waals surface area (Å²) in [6, 6.07) is 12.4. The Morgan fingerprint density at radius 2 is 1.75 bits per heavy atom. The minimum atomic E-state index is -0.444. The third-order valence-electron chi connectivity index (χ3n) is 2.95. The van der Waals surface area contributed by atoms with Gasteiger partial charge in [0.15, 0.2) is 0 Å². The van der Waals surface area contributed by atoms with Crippen molar-refractivity contribution in [3.63, 3.8) is 0 Å². The summed E-state index contributed by atoms with van der Waals surface area (Å²) in [4.78, 5) is 26.7. The Labute approximate surface area is 157 Å². The van der Waals surface area contributed by atoms with Gasteiger partial charge in [0.2, 0.25) is 5.43 Å². The van der Waals surface area contributed by atoms with Crippen LogP contribution in [0.3, 0.4) is 0 Å². The van der Waals surface area contributed by atoms with Crippen molar-refractivity contribution in [3.05, 3.63) is 52.7 Å². The molecule has 20 heavy (non-hydrogen) atoms. The second-order valence-electron chi connectivity index (χ2n) is 4.27. The number of carbonyl (C=O) groups excluding carboxylic acids is 1. The number of hydrogen-bond acceptors (Lipinski definition) is 3. The number of pyridine rings is 1. The first-order valence-corrected chi connectivity index (χ1v) is 5.89. The number of hydrogen-bond donors (Lipinski definition) is 1. The Morgan fingerprint density at radius 1 is 1.05 bits per heavy atom. The van der Waals surface area contributed by atoms with Crippen LogP contribution in [0.2, 0.25) is 0 Å². The van der Waals surface area contributed by atoms with Crippen molar-refractivity contribution >= 4 is 79.2 Å². The van der Waals surface area contributed by atoms with Crippen molar-refractivity contribution in [2.75, 3.05) is 0 Å². The molecule has 0 aliphatic heterocycles. The zero-order valence-corrected chi connectivity index (χ0v) is 10.3. The number of fused-ring (bicyclic) bond motifs is 2. The van der Waals surface area contributed by atoms with Gasteiger partial charge in [-0.15, -0.1) is 0 Å². The van der Waals surface area contributed by atoms with Crippen molar-refractivity contribution in [1.82, 2.24) is 4.98 Å². The van der Waals surface area contributed by atoms with Crippen LogP contribution in [0.4, 0.5) is 0 Å². The molecule has 3 rings (SSSR count). The number of H-pyrrole nitrogens is 1. The molecule has 0 unspecified atom stereocenters. The van der Waals surface area contributed by atoms with Crippen LogP contribution in [0.1, 0.15) is 6.92 Å². The summed E-state index contributed by atoms with van der Waals surface area (Å²) in [6.45, 7) is 1.31. The number of aromatic amines is 1. The monoisotopic (exact) mass is 293 g/mol. The quantitative estimate of drug-likeness (QED) is 0.323. The van der Waals surface area contributed by atoms with E-state index in [0.29, 0.717) is 16.3 Å². The Kier molecular flexibility index (Phi) is 4.77. The van der Waals surface area contributed by atoms with Gasteiger partial charge in [0.25, 0.3) is 0 Å². The summed E-state index contributed by atoms with van der Waals surface area (Å²) in [7, 11) is 0. The van der Waals surface area contributed by atoms with Crippen LogP contribution >= 0.6 is 0 Å². The molecule has 1 heterocycles. The zero-order valence-electron chi connectivity index (χ0n) is 10.3. The maximum absolute atomic E-state index is 12.5. The van der Waals surface area contributed by atoms with Gasteiger partial charge >= 0.3 is 57.4 Å². The predicted octanol–water partition coefficient (Wildman–Crippen LogP) is 1.96. The van der Waals surface area contributed by atoms with E-state index in [1.165, 1.54) is 6.92 Å². The molecule has 3 aromatic rings. The second-order valence-corrected chi connectivity index (χ2v) is 4.27. The van der Waals surface area contributed by atoms with E-state index in [1.807, 2.05) is 12.1 Å². The Bertz CT molecular complexity index is 854. The molecule has 1 aromatic heterocycles. The van der Waals surface area contributed by atoms with Gasteiger partial charge in [0.1, 0.15) is 5.75 Å². The van der Waals surface area contributed by atoms with Crippen LogP contribution in [0, 0.1) is 0 Å². The number of rotatable bonds is 1. The summed E-state index contributed by atoms with van der Waals surface area (Å²) in [5.74, 6) is -0.155. The van der Waals surface area contributed by atoms with Crippen LogP contribution in [0.15, 0.2) is 47.3 Å². The first-order chi connectivity index (χ1) is 9.16. The summed E-state index contributed by atoms with van der Waals surface area (Å²) >= 11 is 0. The molecule has 96 valence electrons. The molecule has 0 spiro atoms. The molecule has 0 saturated carbocycles. The molecule has 0 fully saturated rings. The molecule has 0 aliphatic carbocycles. The minimum absolute atomic E-state index is 0. The third kappa shape index (κ3) is 2.73. The molecule has 1 N–H and O–H groups in total. The first kappa shape index (κ1) is 15.4. The Morgan fingerprint density at radius 3 is 2.50 bits per heavy atom. The van der Waals surface area contributed by atoms with Crippen LogP contribution in [0.25, 0.3) is 21.8 Å². The molecule has 4 nitrogen and oxygen atoms in total. The van der Waals surface area contributed by atoms with E-state index in [0.717, 1.165) is 5.52 Å². The van der Waals surface area contributed by atoms with Gasteiger partial charge in [-0.3, -0.25) is 9.59 Å². The van der Waals surface area contributed by atoms with E-state index < -0.39 is 5.97 Å². The van der Waals surface area contributed by atoms with E-state index in [4.69, 9.17) is 4.74 Å². The van der Waals surface area contributed by atoms with Crippen molar-refractivity contribution in [1.29, 1.82) is 0 Å². The van der Waals surface area contributed by atoms with Gasteiger partial charge in [-0.25, -0.2) is 0 Å². The van der Waals surface area contributed by atoms with Crippen LogP contribution in [0.5, 0.6) is 5.75 Å². The molecule has 0 saturated heterocycles. The molecule has 5 heteroatoms. The van der Waals surface area contributed by atoms with Gasteiger partial charge in [0, 0.05) is 17.8 Å². The average molecular weight is 293 g/mol. The topological polar surface area (TPSA) is 59.2 Å². The number of aromatic nitrogens is 1. The summed E-state index contributed by atoms with van der Waals surface area (Å²) in [6.07, 6.45) is 0. The van der Waals surface area contributed by atoms with Gasteiger partial charge in [0.05, 0.1) is 10.9 Å². The predicted molar refractivity (Wildman–Crippen MR) is 80.5 cm³/mol. The Balaban J connectivity index is 0.00000147. The summed E-state index contributed by atoms with van der Waals surface area (Å²) in [5.41, 5.74) is 1.28. The van der Waals surface area contributed by atoms with Crippen molar-refractivity contribution in [3.8, 4) is 5.75 Å². The molecule has 0 bridgehead atoms. The summed E-state index contributed by atoms with van der Waals surface area (Å²) in [5, 5.41) is 0.978. The average Bonchev–Trinajstić information content (AvgIpc) is 2.38. The van der Waals surface area contributed by atoms with Crippen LogP contribution < -0.4 is 10.2 Å². The van der Waals surface area contributed by atoms with Crippen LogP contribution in [-0.4, -0.2) is 62.3 Å². The van der Waals surface area contributed by atoms with E-state index in [9.17, 15) is 9.59 Å². The molecular formula is C15H12KNO3. The van der Waals surface area contributed by atoms with Gasteiger partial charge < -0.3 is 9.72 Å². The number of benzene rings is 2. The fraction of sp³-hybridized carbons (Fsp3) is 0.0667. The van der Waals surface area contributed by atoms with Gasteiger partial charge in [-0.1, -0.05) is 18.2 Å². The number of carbonyl (C=O) groups is 1. The molecule has 0 amide bonds. The number of para-hydroxylation sites is 1. The van der Waals surface area contributed by atoms with Gasteiger partial charge in [-0.05, 0) is 24.3 Å². The fourth-order valence-corrected chi connectivity index (χ4v) is 2.18. The van der Waals surface area contributed by atoms with Crippen molar-refractivity contribution < 1.29 is 9.53 Å². The molecule has 2 aromatic carbocycles. The summed E-state index contributed by atoms with van der Waals surface area (Å²) < 4.78 is 5.10.